The molecule has 1 aromatic heterocycles. The number of carbonyl (C=O) groups is 3. The Hall–Kier alpha value is -5.13. The van der Waals surface area contributed by atoms with Crippen molar-refractivity contribution in [3.05, 3.63) is 114 Å². The lowest BCUT2D eigenvalue weighted by atomic mass is 10.1. The molecule has 4 aromatic carbocycles. The summed E-state index contributed by atoms with van der Waals surface area (Å²) < 4.78 is 11.9. The van der Waals surface area contributed by atoms with Gasteiger partial charge in [0.15, 0.2) is 5.13 Å². The predicted octanol–water partition coefficient (Wildman–Crippen LogP) is 6.84. The quantitative estimate of drug-likeness (QED) is 0.101. The standard InChI is InChI=1S/C34H30N4O5S2/c1-3-43-25-15-18-27-30(20-25)45-34(37-27)38-31(39)21-44-26-16-13-24(14-17-26)35-33(41)28(19-23-11-7-8-12-29(23)42-2)36-32(40)22-9-5-4-6-10-22/h4-20H,3,21H2,1-2H3,(H,35,41)(H,36,40)(H,37,38,39)/b28-19-. The summed E-state index contributed by atoms with van der Waals surface area (Å²) >= 11 is 2.75. The fraction of sp³-hybridized carbons (Fsp3) is 0.118. The van der Waals surface area contributed by atoms with Gasteiger partial charge in [0.1, 0.15) is 17.2 Å². The summed E-state index contributed by atoms with van der Waals surface area (Å²) in [5.74, 6) is 0.403. The summed E-state index contributed by atoms with van der Waals surface area (Å²) in [4.78, 5) is 44.2. The van der Waals surface area contributed by atoms with Crippen LogP contribution in [-0.4, -0.2) is 42.2 Å². The minimum atomic E-state index is -0.505. The van der Waals surface area contributed by atoms with E-state index >= 15 is 0 Å². The highest BCUT2D eigenvalue weighted by molar-refractivity contribution is 8.00. The first-order valence-corrected chi connectivity index (χ1v) is 15.8. The molecule has 11 heteroatoms. The van der Waals surface area contributed by atoms with Crippen molar-refractivity contribution in [3.8, 4) is 11.5 Å². The molecule has 9 nitrogen and oxygen atoms in total. The van der Waals surface area contributed by atoms with Crippen molar-refractivity contribution in [2.24, 2.45) is 0 Å². The number of thiazole rings is 1. The molecule has 3 amide bonds. The third-order valence-electron chi connectivity index (χ3n) is 6.37. The number of hydrogen-bond acceptors (Lipinski definition) is 8. The Balaban J connectivity index is 1.21. The number of para-hydroxylation sites is 1. The Labute approximate surface area is 268 Å². The summed E-state index contributed by atoms with van der Waals surface area (Å²) in [7, 11) is 1.54. The Morgan fingerprint density at radius 1 is 0.911 bits per heavy atom. The monoisotopic (exact) mass is 638 g/mol. The normalized spacial score (nSPS) is 11.1. The number of nitrogens with zero attached hydrogens (tertiary/aromatic N) is 1. The molecule has 5 rings (SSSR count). The van der Waals surface area contributed by atoms with Gasteiger partial charge in [0, 0.05) is 21.7 Å². The SMILES string of the molecule is CCOc1ccc2nc(NC(=O)CSc3ccc(NC(=O)/C(=C/c4ccccc4OC)NC(=O)c4ccccc4)cc3)sc2c1. The molecular formula is C34H30N4O5S2. The van der Waals surface area contributed by atoms with Gasteiger partial charge < -0.3 is 25.4 Å². The summed E-state index contributed by atoms with van der Waals surface area (Å²) in [5, 5.41) is 8.95. The van der Waals surface area contributed by atoms with E-state index in [-0.39, 0.29) is 17.4 Å². The first-order valence-electron chi connectivity index (χ1n) is 14.0. The van der Waals surface area contributed by atoms with Gasteiger partial charge in [0.2, 0.25) is 5.91 Å². The lowest BCUT2D eigenvalue weighted by molar-refractivity contribution is -0.114. The van der Waals surface area contributed by atoms with Gasteiger partial charge in [-0.05, 0) is 73.7 Å². The number of fused-ring (bicyclic) bond motifs is 1. The zero-order valence-electron chi connectivity index (χ0n) is 24.5. The molecule has 0 aliphatic rings. The van der Waals surface area contributed by atoms with Crippen molar-refractivity contribution in [2.75, 3.05) is 30.1 Å². The largest absolute Gasteiger partial charge is 0.496 e. The molecular weight excluding hydrogens is 609 g/mol. The van der Waals surface area contributed by atoms with Crippen LogP contribution in [0.5, 0.6) is 11.5 Å². The number of anilines is 2. The zero-order valence-corrected chi connectivity index (χ0v) is 26.2. The van der Waals surface area contributed by atoms with Crippen LogP contribution in [-0.2, 0) is 9.59 Å². The molecule has 0 fully saturated rings. The summed E-state index contributed by atoms with van der Waals surface area (Å²) in [6.07, 6.45) is 1.57. The number of carbonyl (C=O) groups excluding carboxylic acids is 3. The van der Waals surface area contributed by atoms with E-state index in [0.717, 1.165) is 20.9 Å². The second-order valence-corrected chi connectivity index (χ2v) is 11.6. The fourth-order valence-electron chi connectivity index (χ4n) is 4.24. The maximum absolute atomic E-state index is 13.4. The molecule has 0 radical (unpaired) electrons. The lowest BCUT2D eigenvalue weighted by Gasteiger charge is -2.13. The molecule has 0 spiro atoms. The number of benzene rings is 4. The third kappa shape index (κ3) is 8.49. The van der Waals surface area contributed by atoms with E-state index in [1.165, 1.54) is 30.2 Å². The van der Waals surface area contributed by atoms with Crippen LogP contribution in [0.15, 0.2) is 108 Å². The van der Waals surface area contributed by atoms with Crippen LogP contribution < -0.4 is 25.4 Å². The van der Waals surface area contributed by atoms with Gasteiger partial charge in [-0.1, -0.05) is 47.7 Å². The third-order valence-corrected chi connectivity index (χ3v) is 8.31. The highest BCUT2D eigenvalue weighted by Crippen LogP contribution is 2.30. The van der Waals surface area contributed by atoms with Crippen molar-refractivity contribution in [3.63, 3.8) is 0 Å². The van der Waals surface area contributed by atoms with Crippen LogP contribution in [0.4, 0.5) is 10.8 Å². The van der Waals surface area contributed by atoms with Gasteiger partial charge in [-0.25, -0.2) is 4.98 Å². The highest BCUT2D eigenvalue weighted by Gasteiger charge is 2.16. The van der Waals surface area contributed by atoms with Gasteiger partial charge in [0.25, 0.3) is 11.8 Å². The molecule has 0 bridgehead atoms. The summed E-state index contributed by atoms with van der Waals surface area (Å²) in [6, 6.07) is 28.6. The lowest BCUT2D eigenvalue weighted by Crippen LogP contribution is -2.30. The van der Waals surface area contributed by atoms with Crippen LogP contribution >= 0.6 is 23.1 Å². The van der Waals surface area contributed by atoms with Crippen molar-refractivity contribution < 1.29 is 23.9 Å². The molecule has 0 aliphatic heterocycles. The van der Waals surface area contributed by atoms with E-state index in [1.807, 2.05) is 55.5 Å². The number of rotatable bonds is 12. The zero-order chi connectivity index (χ0) is 31.6. The van der Waals surface area contributed by atoms with E-state index < -0.39 is 11.8 Å². The van der Waals surface area contributed by atoms with Gasteiger partial charge >= 0.3 is 0 Å². The number of hydrogen-bond donors (Lipinski definition) is 3. The number of nitrogens with one attached hydrogen (secondary N) is 3. The van der Waals surface area contributed by atoms with E-state index in [4.69, 9.17) is 9.47 Å². The van der Waals surface area contributed by atoms with Crippen molar-refractivity contribution in [1.82, 2.24) is 10.3 Å². The van der Waals surface area contributed by atoms with Crippen LogP contribution in [0.3, 0.4) is 0 Å². The molecule has 3 N–H and O–H groups in total. The average molecular weight is 639 g/mol. The van der Waals surface area contributed by atoms with E-state index in [0.29, 0.717) is 34.3 Å². The molecule has 0 unspecified atom stereocenters. The van der Waals surface area contributed by atoms with Gasteiger partial charge in [-0.15, -0.1) is 11.8 Å². The molecule has 0 atom stereocenters. The molecule has 1 heterocycles. The second kappa shape index (κ2) is 15.0. The smallest absolute Gasteiger partial charge is 0.272 e. The minimum Gasteiger partial charge on any atom is -0.496 e. The maximum Gasteiger partial charge on any atom is 0.272 e. The Kier molecular flexibility index (Phi) is 10.5. The number of methoxy groups -OCH3 is 1. The van der Waals surface area contributed by atoms with Crippen LogP contribution in [0.25, 0.3) is 16.3 Å². The van der Waals surface area contributed by atoms with Gasteiger partial charge in [-0.2, -0.15) is 0 Å². The molecule has 45 heavy (non-hydrogen) atoms. The second-order valence-electron chi connectivity index (χ2n) is 9.52. The topological polar surface area (TPSA) is 119 Å². The fourth-order valence-corrected chi connectivity index (χ4v) is 5.84. The number of amides is 3. The van der Waals surface area contributed by atoms with E-state index in [2.05, 4.69) is 20.9 Å². The van der Waals surface area contributed by atoms with Crippen molar-refractivity contribution >= 4 is 67.9 Å². The minimum absolute atomic E-state index is 0.0486. The van der Waals surface area contributed by atoms with E-state index in [9.17, 15) is 14.4 Å². The first-order chi connectivity index (χ1) is 21.9. The molecule has 5 aromatic rings. The van der Waals surface area contributed by atoms with Crippen molar-refractivity contribution in [2.45, 2.75) is 11.8 Å². The Morgan fingerprint density at radius 2 is 1.67 bits per heavy atom. The molecule has 228 valence electrons. The summed E-state index contributed by atoms with van der Waals surface area (Å²) in [5.41, 5.74) is 2.41. The molecule has 0 aliphatic carbocycles. The van der Waals surface area contributed by atoms with Crippen LogP contribution in [0.1, 0.15) is 22.8 Å². The van der Waals surface area contributed by atoms with Crippen LogP contribution in [0.2, 0.25) is 0 Å². The van der Waals surface area contributed by atoms with Crippen LogP contribution in [0, 0.1) is 0 Å². The van der Waals surface area contributed by atoms with Gasteiger partial charge in [-0.3, -0.25) is 14.4 Å². The number of thioether (sulfide) groups is 1. The first kappa shape index (κ1) is 31.3. The maximum atomic E-state index is 13.4. The average Bonchev–Trinajstić information content (AvgIpc) is 3.46. The highest BCUT2D eigenvalue weighted by atomic mass is 32.2. The Bertz CT molecular complexity index is 1840. The number of ether oxygens (including phenoxy) is 2. The molecule has 0 saturated carbocycles. The van der Waals surface area contributed by atoms with E-state index in [1.54, 1.807) is 54.6 Å². The predicted molar refractivity (Wildman–Crippen MR) is 180 cm³/mol. The Morgan fingerprint density at radius 3 is 2.42 bits per heavy atom. The summed E-state index contributed by atoms with van der Waals surface area (Å²) in [6.45, 7) is 2.50. The number of aromatic nitrogens is 1. The van der Waals surface area contributed by atoms with Crippen molar-refractivity contribution in [1.29, 1.82) is 0 Å². The molecule has 0 saturated heterocycles. The van der Waals surface area contributed by atoms with Gasteiger partial charge in [0.05, 0.1) is 29.7 Å².